The van der Waals surface area contributed by atoms with Crippen LogP contribution >= 0.6 is 0 Å². The van der Waals surface area contributed by atoms with Crippen LogP contribution in [0.25, 0.3) is 5.57 Å². The van der Waals surface area contributed by atoms with Gasteiger partial charge in [-0.2, -0.15) is 0 Å². The molecule has 0 bridgehead atoms. The minimum Gasteiger partial charge on any atom is -1.00 e. The van der Waals surface area contributed by atoms with E-state index in [1.807, 2.05) is 6.07 Å². The Morgan fingerprint density at radius 1 is 1.24 bits per heavy atom. The molecule has 17 heavy (non-hydrogen) atoms. The van der Waals surface area contributed by atoms with Crippen LogP contribution in [0.4, 0.5) is 4.39 Å². The smallest absolute Gasteiger partial charge is 1.00 e. The molecular formula is C13H12Cl2FZr. The van der Waals surface area contributed by atoms with Crippen LogP contribution in [0, 0.1) is 11.7 Å². The minimum absolute atomic E-state index is 0. The molecule has 1 atom stereocenters. The van der Waals surface area contributed by atoms with Crippen molar-refractivity contribution in [2.75, 3.05) is 0 Å². The average Bonchev–Trinajstić information content (AvgIpc) is 2.46. The molecule has 0 fully saturated rings. The predicted molar refractivity (Wildman–Crippen MR) is 56.2 cm³/mol. The first kappa shape index (κ1) is 17.1. The molecule has 89 valence electrons. The molecule has 0 aliphatic heterocycles. The Bertz CT molecular complexity index is 466. The molecule has 1 aromatic carbocycles. The summed E-state index contributed by atoms with van der Waals surface area (Å²) in [6, 6.07) is 6.83. The van der Waals surface area contributed by atoms with Gasteiger partial charge in [0.1, 0.15) is 0 Å². The molecule has 0 saturated carbocycles. The van der Waals surface area contributed by atoms with Crippen molar-refractivity contribution in [2.45, 2.75) is 13.8 Å². The van der Waals surface area contributed by atoms with Crippen molar-refractivity contribution in [1.82, 2.24) is 0 Å². The van der Waals surface area contributed by atoms with E-state index in [-0.39, 0.29) is 30.6 Å². The number of benzene rings is 1. The molecular weight excluding hydrogens is 337 g/mol. The van der Waals surface area contributed by atoms with Crippen LogP contribution in [-0.2, 0) is 24.7 Å². The summed E-state index contributed by atoms with van der Waals surface area (Å²) < 4.78 is 14.6. The van der Waals surface area contributed by atoms with E-state index in [1.54, 1.807) is 12.1 Å². The molecule has 4 heteroatoms. The molecule has 0 amide bonds. The van der Waals surface area contributed by atoms with Gasteiger partial charge in [0.2, 0.25) is 0 Å². The summed E-state index contributed by atoms with van der Waals surface area (Å²) in [5, 5.41) is 0. The third-order valence-corrected chi connectivity index (χ3v) is 4.86. The average molecular weight is 349 g/mol. The van der Waals surface area contributed by atoms with Gasteiger partial charge in [0.15, 0.2) is 0 Å². The summed E-state index contributed by atoms with van der Waals surface area (Å²) in [5.41, 5.74) is 3.52. The fraction of sp³-hybridized carbons (Fsp3) is 0.231. The fourth-order valence-electron chi connectivity index (χ4n) is 1.91. The van der Waals surface area contributed by atoms with Crippen LogP contribution in [0.3, 0.4) is 0 Å². The molecule has 2 rings (SSSR count). The van der Waals surface area contributed by atoms with Gasteiger partial charge in [-0.1, -0.05) is 0 Å². The molecule has 0 heterocycles. The van der Waals surface area contributed by atoms with E-state index in [1.165, 1.54) is 45.2 Å². The van der Waals surface area contributed by atoms with Gasteiger partial charge in [0.25, 0.3) is 0 Å². The van der Waals surface area contributed by atoms with E-state index in [2.05, 4.69) is 19.9 Å². The molecule has 0 aromatic heterocycles. The molecule has 0 N–H and O–H groups in total. The van der Waals surface area contributed by atoms with Crippen LogP contribution in [0.15, 0.2) is 39.2 Å². The minimum atomic E-state index is -0.161. The SMILES string of the molecule is CC1=[C]([Zr+2])C(C)C=C1c1cccc(F)c1.[Cl-].[Cl-]. The van der Waals surface area contributed by atoms with Crippen LogP contribution in [-0.4, -0.2) is 0 Å². The largest absolute Gasteiger partial charge is 1.00 e. The van der Waals surface area contributed by atoms with E-state index in [0.717, 1.165) is 5.56 Å². The van der Waals surface area contributed by atoms with Crippen molar-refractivity contribution in [1.29, 1.82) is 0 Å². The van der Waals surface area contributed by atoms with Gasteiger partial charge in [0, 0.05) is 0 Å². The van der Waals surface area contributed by atoms with Crippen LogP contribution in [0.2, 0.25) is 0 Å². The third kappa shape index (κ3) is 3.53. The van der Waals surface area contributed by atoms with E-state index in [0.29, 0.717) is 5.92 Å². The monoisotopic (exact) mass is 347 g/mol. The number of hydrogen-bond acceptors (Lipinski definition) is 0. The van der Waals surface area contributed by atoms with Gasteiger partial charge in [-0.05, 0) is 0 Å². The molecule has 0 spiro atoms. The van der Waals surface area contributed by atoms with Gasteiger partial charge in [-0.15, -0.1) is 0 Å². The Labute approximate surface area is 129 Å². The fourth-order valence-corrected chi connectivity index (χ4v) is 2.45. The van der Waals surface area contributed by atoms with Crippen molar-refractivity contribution in [3.63, 3.8) is 0 Å². The maximum atomic E-state index is 13.1. The Kier molecular flexibility index (Phi) is 6.91. The molecule has 0 nitrogen and oxygen atoms in total. The van der Waals surface area contributed by atoms with E-state index >= 15 is 0 Å². The second-order valence-electron chi connectivity index (χ2n) is 3.92. The summed E-state index contributed by atoms with van der Waals surface area (Å²) in [6.07, 6.45) is 2.23. The standard InChI is InChI=1S/C13H12F.2ClH.Zr/c1-9-6-10(2)13(7-9)11-4-3-5-12(14)8-11;;;/h3-5,7-9H,1-2H3;2*1H;/q;;;+2/p-2. The Hall–Kier alpha value is 0.0931. The van der Waals surface area contributed by atoms with Crippen molar-refractivity contribution in [3.05, 3.63) is 50.6 Å². The predicted octanol–water partition coefficient (Wildman–Crippen LogP) is -2.31. The zero-order chi connectivity index (χ0) is 11.0. The van der Waals surface area contributed by atoms with Gasteiger partial charge in [-0.3, -0.25) is 0 Å². The van der Waals surface area contributed by atoms with Gasteiger partial charge >= 0.3 is 105 Å². The van der Waals surface area contributed by atoms with Crippen LogP contribution < -0.4 is 24.8 Å². The Morgan fingerprint density at radius 2 is 1.88 bits per heavy atom. The second-order valence-corrected chi connectivity index (χ2v) is 5.24. The molecule has 1 unspecified atom stereocenters. The van der Waals surface area contributed by atoms with Crippen molar-refractivity contribution < 1.29 is 53.9 Å². The number of halogens is 3. The number of hydrogen-bond donors (Lipinski definition) is 0. The summed E-state index contributed by atoms with van der Waals surface area (Å²) in [7, 11) is 0. The summed E-state index contributed by atoms with van der Waals surface area (Å²) in [4.78, 5) is 0. The summed E-state index contributed by atoms with van der Waals surface area (Å²) >= 11 is 1.46. The van der Waals surface area contributed by atoms with Crippen molar-refractivity contribution in [2.24, 2.45) is 5.92 Å². The topological polar surface area (TPSA) is 0 Å². The molecule has 1 aliphatic carbocycles. The van der Waals surface area contributed by atoms with Gasteiger partial charge < -0.3 is 24.8 Å². The summed E-state index contributed by atoms with van der Waals surface area (Å²) in [6.45, 7) is 4.32. The quantitative estimate of drug-likeness (QED) is 0.535. The Balaban J connectivity index is 0.00000128. The zero-order valence-electron chi connectivity index (χ0n) is 9.60. The first-order valence-corrected chi connectivity index (χ1v) is 6.23. The molecule has 0 saturated heterocycles. The molecule has 1 aliphatic rings. The Morgan fingerprint density at radius 3 is 2.35 bits per heavy atom. The third-order valence-electron chi connectivity index (χ3n) is 2.82. The maximum absolute atomic E-state index is 13.1. The van der Waals surface area contributed by atoms with Gasteiger partial charge in [0.05, 0.1) is 0 Å². The summed E-state index contributed by atoms with van der Waals surface area (Å²) in [5.74, 6) is 0.354. The number of rotatable bonds is 1. The molecule has 1 aromatic rings. The maximum Gasteiger partial charge on any atom is -1.00 e. The first-order chi connectivity index (χ1) is 7.09. The normalized spacial score (nSPS) is 18.4. The zero-order valence-corrected chi connectivity index (χ0v) is 13.6. The van der Waals surface area contributed by atoms with Crippen molar-refractivity contribution >= 4 is 5.57 Å². The first-order valence-electron chi connectivity index (χ1n) is 5.00. The molecule has 0 radical (unpaired) electrons. The van der Waals surface area contributed by atoms with E-state index in [9.17, 15) is 4.39 Å². The van der Waals surface area contributed by atoms with Gasteiger partial charge in [-0.25, -0.2) is 0 Å². The van der Waals surface area contributed by atoms with E-state index in [4.69, 9.17) is 0 Å². The van der Waals surface area contributed by atoms with E-state index < -0.39 is 0 Å². The van der Waals surface area contributed by atoms with Crippen LogP contribution in [0.5, 0.6) is 0 Å². The van der Waals surface area contributed by atoms with Crippen LogP contribution in [0.1, 0.15) is 19.4 Å². The van der Waals surface area contributed by atoms with Crippen molar-refractivity contribution in [3.8, 4) is 0 Å². The number of allylic oxidation sites excluding steroid dienone is 4. The second kappa shape index (κ2) is 6.87.